The van der Waals surface area contributed by atoms with Crippen molar-refractivity contribution in [3.8, 4) is 0 Å². The van der Waals surface area contributed by atoms with Gasteiger partial charge < -0.3 is 14.2 Å². The summed E-state index contributed by atoms with van der Waals surface area (Å²) in [6.45, 7) is 6.63. The summed E-state index contributed by atoms with van der Waals surface area (Å²) >= 11 is 0. The van der Waals surface area contributed by atoms with Crippen LogP contribution in [0.15, 0.2) is 60.8 Å². The molecule has 0 spiro atoms. The zero-order valence-corrected chi connectivity index (χ0v) is 51.5. The molecule has 0 saturated carbocycles. The van der Waals surface area contributed by atoms with Crippen LogP contribution in [0.3, 0.4) is 0 Å². The maximum Gasteiger partial charge on any atom is 0.306 e. The highest BCUT2D eigenvalue weighted by Crippen LogP contribution is 2.17. The van der Waals surface area contributed by atoms with E-state index >= 15 is 0 Å². The Morgan fingerprint density at radius 2 is 0.468 bits per heavy atom. The number of allylic oxidation sites excluding steroid dienone is 10. The van der Waals surface area contributed by atoms with Crippen molar-refractivity contribution in [2.24, 2.45) is 0 Å². The Balaban J connectivity index is 4.16. The molecule has 6 heteroatoms. The van der Waals surface area contributed by atoms with E-state index in [1.165, 1.54) is 231 Å². The van der Waals surface area contributed by atoms with E-state index in [9.17, 15) is 14.4 Å². The summed E-state index contributed by atoms with van der Waals surface area (Å²) in [6, 6.07) is 0. The predicted molar refractivity (Wildman–Crippen MR) is 335 cm³/mol. The molecule has 0 saturated heterocycles. The van der Waals surface area contributed by atoms with E-state index in [4.69, 9.17) is 14.2 Å². The van der Waals surface area contributed by atoms with Crippen LogP contribution in [0.2, 0.25) is 0 Å². The topological polar surface area (TPSA) is 78.9 Å². The molecule has 0 aromatic rings. The van der Waals surface area contributed by atoms with Crippen molar-refractivity contribution >= 4 is 17.9 Å². The lowest BCUT2D eigenvalue weighted by Crippen LogP contribution is -2.30. The van der Waals surface area contributed by atoms with Crippen molar-refractivity contribution in [3.05, 3.63) is 60.8 Å². The first-order valence-corrected chi connectivity index (χ1v) is 33.8. The maximum atomic E-state index is 12.9. The molecule has 0 aliphatic carbocycles. The second-order valence-corrected chi connectivity index (χ2v) is 22.7. The first kappa shape index (κ1) is 74.1. The molecule has 448 valence electrons. The lowest BCUT2D eigenvalue weighted by molar-refractivity contribution is -0.167. The average Bonchev–Trinajstić information content (AvgIpc) is 3.43. The summed E-state index contributed by atoms with van der Waals surface area (Å²) in [5, 5.41) is 0. The zero-order chi connectivity index (χ0) is 55.7. The number of rotatable bonds is 62. The minimum absolute atomic E-state index is 0.0772. The van der Waals surface area contributed by atoms with Gasteiger partial charge >= 0.3 is 17.9 Å². The molecule has 0 rings (SSSR count). The highest BCUT2D eigenvalue weighted by Gasteiger charge is 2.19. The van der Waals surface area contributed by atoms with Gasteiger partial charge in [0.1, 0.15) is 13.2 Å². The monoisotopic (exact) mass is 1080 g/mol. The third kappa shape index (κ3) is 63.8. The number of esters is 3. The van der Waals surface area contributed by atoms with Crippen molar-refractivity contribution in [2.45, 2.75) is 361 Å². The van der Waals surface area contributed by atoms with E-state index in [-0.39, 0.29) is 31.1 Å². The van der Waals surface area contributed by atoms with Gasteiger partial charge in [-0.25, -0.2) is 0 Å². The van der Waals surface area contributed by atoms with Crippen LogP contribution in [0.5, 0.6) is 0 Å². The first-order valence-electron chi connectivity index (χ1n) is 33.8. The fraction of sp³-hybridized carbons (Fsp3) is 0.817. The van der Waals surface area contributed by atoms with Crippen LogP contribution in [-0.2, 0) is 28.6 Å². The lowest BCUT2D eigenvalue weighted by atomic mass is 10.0. The largest absolute Gasteiger partial charge is 0.462 e. The molecule has 0 aliphatic rings. The molecule has 77 heavy (non-hydrogen) atoms. The molecule has 0 amide bonds. The van der Waals surface area contributed by atoms with Crippen molar-refractivity contribution in [1.29, 1.82) is 0 Å². The van der Waals surface area contributed by atoms with Gasteiger partial charge in [-0.05, 0) is 109 Å². The highest BCUT2D eigenvalue weighted by molar-refractivity contribution is 5.71. The fourth-order valence-electron chi connectivity index (χ4n) is 9.85. The molecule has 0 bridgehead atoms. The second-order valence-electron chi connectivity index (χ2n) is 22.7. The second kappa shape index (κ2) is 65.6. The highest BCUT2D eigenvalue weighted by atomic mass is 16.6. The van der Waals surface area contributed by atoms with Crippen LogP contribution in [0.1, 0.15) is 355 Å². The van der Waals surface area contributed by atoms with E-state index in [2.05, 4.69) is 81.5 Å². The predicted octanol–water partition coefficient (Wildman–Crippen LogP) is 23.1. The minimum Gasteiger partial charge on any atom is -0.462 e. The number of carbonyl (C=O) groups excluding carboxylic acids is 3. The van der Waals surface area contributed by atoms with Crippen LogP contribution in [0.4, 0.5) is 0 Å². The van der Waals surface area contributed by atoms with Crippen molar-refractivity contribution < 1.29 is 28.6 Å². The van der Waals surface area contributed by atoms with Gasteiger partial charge in [-0.15, -0.1) is 0 Å². The van der Waals surface area contributed by atoms with Gasteiger partial charge in [0.15, 0.2) is 6.10 Å². The third-order valence-corrected chi connectivity index (χ3v) is 15.0. The number of unbranched alkanes of at least 4 members (excludes halogenated alkanes) is 41. The summed E-state index contributed by atoms with van der Waals surface area (Å²) in [5.41, 5.74) is 0. The van der Waals surface area contributed by atoms with Gasteiger partial charge in [0, 0.05) is 19.3 Å². The Labute approximate surface area is 479 Å². The molecule has 6 nitrogen and oxygen atoms in total. The summed E-state index contributed by atoms with van der Waals surface area (Å²) in [6.07, 6.45) is 83.9. The van der Waals surface area contributed by atoms with Gasteiger partial charge in [-0.2, -0.15) is 0 Å². The van der Waals surface area contributed by atoms with E-state index in [0.29, 0.717) is 19.3 Å². The SMILES string of the molecule is CCCCC/C=C\CCCCCCCC(=O)OCC(COC(=O)CCCCCCCCCCCCCCCCCC/C=C\C/C=C\C/C=C\CCCCCCC)OC(=O)CCCCCCC/C=C\CCCCCCCCC. The normalized spacial score (nSPS) is 12.4. The summed E-state index contributed by atoms with van der Waals surface area (Å²) < 4.78 is 16.9. The summed E-state index contributed by atoms with van der Waals surface area (Å²) in [4.78, 5) is 38.3. The molecule has 0 aliphatic heterocycles. The molecule has 1 unspecified atom stereocenters. The Hall–Kier alpha value is -2.89. The Morgan fingerprint density at radius 3 is 0.766 bits per heavy atom. The van der Waals surface area contributed by atoms with E-state index in [1.807, 2.05) is 0 Å². The van der Waals surface area contributed by atoms with Gasteiger partial charge in [-0.3, -0.25) is 14.4 Å². The number of ether oxygens (including phenoxy) is 3. The van der Waals surface area contributed by atoms with Gasteiger partial charge in [-0.1, -0.05) is 287 Å². The van der Waals surface area contributed by atoms with Crippen molar-refractivity contribution in [2.75, 3.05) is 13.2 Å². The summed E-state index contributed by atoms with van der Waals surface area (Å²) in [5.74, 6) is -0.878. The van der Waals surface area contributed by atoms with Gasteiger partial charge in [0.2, 0.25) is 0 Å². The zero-order valence-electron chi connectivity index (χ0n) is 51.5. The van der Waals surface area contributed by atoms with Crippen molar-refractivity contribution in [1.82, 2.24) is 0 Å². The van der Waals surface area contributed by atoms with E-state index < -0.39 is 6.10 Å². The third-order valence-electron chi connectivity index (χ3n) is 15.0. The molecule has 0 aromatic carbocycles. The van der Waals surface area contributed by atoms with Crippen LogP contribution >= 0.6 is 0 Å². The Morgan fingerprint density at radius 1 is 0.260 bits per heavy atom. The molecule has 0 N–H and O–H groups in total. The Bertz CT molecular complexity index is 1380. The van der Waals surface area contributed by atoms with Crippen LogP contribution in [-0.4, -0.2) is 37.2 Å². The molecule has 0 radical (unpaired) electrons. The standard InChI is InChI=1S/C71H128O6/c1-4-7-10-13-16-19-22-25-27-29-30-31-32-33-34-35-36-37-38-39-40-41-42-43-45-46-49-52-55-58-61-64-70(73)76-67-68(66-75-69(72)63-60-57-54-51-48-24-21-18-15-12-9-6-3)77-71(74)65-62-59-56-53-50-47-44-28-26-23-20-17-14-11-8-5-2/h18,21-22,25,28-30,32-33,44,68H,4-17,19-20,23-24,26-27,31,34-43,45-67H2,1-3H3/b21-18-,25-22-,30-29-,33-32-,44-28-. The molecule has 0 heterocycles. The lowest BCUT2D eigenvalue weighted by Gasteiger charge is -2.18. The quantitative estimate of drug-likeness (QED) is 0.0261. The van der Waals surface area contributed by atoms with Gasteiger partial charge in [0.05, 0.1) is 0 Å². The molecule has 0 fully saturated rings. The average molecular weight is 1080 g/mol. The van der Waals surface area contributed by atoms with Crippen LogP contribution in [0, 0.1) is 0 Å². The molecule has 0 aromatic heterocycles. The number of carbonyl (C=O) groups is 3. The summed E-state index contributed by atoms with van der Waals surface area (Å²) in [7, 11) is 0. The molecular weight excluding hydrogens is 949 g/mol. The van der Waals surface area contributed by atoms with Crippen LogP contribution in [0.25, 0.3) is 0 Å². The van der Waals surface area contributed by atoms with E-state index in [0.717, 1.165) is 83.5 Å². The van der Waals surface area contributed by atoms with Crippen molar-refractivity contribution in [3.63, 3.8) is 0 Å². The molecule has 1 atom stereocenters. The first-order chi connectivity index (χ1) is 38.0. The minimum atomic E-state index is -0.781. The van der Waals surface area contributed by atoms with Gasteiger partial charge in [0.25, 0.3) is 0 Å². The smallest absolute Gasteiger partial charge is 0.306 e. The fourth-order valence-corrected chi connectivity index (χ4v) is 9.85. The Kier molecular flexibility index (Phi) is 63.2. The number of hydrogen-bond acceptors (Lipinski definition) is 6. The maximum absolute atomic E-state index is 12.9. The molecular formula is C71H128O6. The van der Waals surface area contributed by atoms with E-state index in [1.54, 1.807) is 0 Å². The van der Waals surface area contributed by atoms with Crippen LogP contribution < -0.4 is 0 Å². The number of hydrogen-bond donors (Lipinski definition) is 0.